The van der Waals surface area contributed by atoms with E-state index in [0.717, 1.165) is 23.4 Å². The lowest BCUT2D eigenvalue weighted by Gasteiger charge is -2.33. The zero-order valence-electron chi connectivity index (χ0n) is 29.8. The summed E-state index contributed by atoms with van der Waals surface area (Å²) in [6.45, 7) is 12.1. The molecule has 266 valence electrons. The lowest BCUT2D eigenvalue weighted by molar-refractivity contribution is -0.156. The number of nitrogens with zero attached hydrogens (tertiary/aromatic N) is 4. The van der Waals surface area contributed by atoms with E-state index in [1.165, 1.54) is 7.11 Å². The molecule has 1 atom stereocenters. The zero-order chi connectivity index (χ0) is 35.7. The van der Waals surface area contributed by atoms with Gasteiger partial charge < -0.3 is 29.7 Å². The topological polar surface area (TPSA) is 153 Å². The Kier molecular flexibility index (Phi) is 12.6. The Balaban J connectivity index is 1.65. The van der Waals surface area contributed by atoms with Crippen LogP contribution in [0.4, 0.5) is 0 Å². The van der Waals surface area contributed by atoms with Gasteiger partial charge in [0, 0.05) is 44.0 Å². The van der Waals surface area contributed by atoms with Crippen LogP contribution < -0.4 is 20.1 Å². The SMILES string of the molecule is CCOC(=O)C1(CCC(C)C)CNC(=O)CCCN(C(=O)c2c(C)nn3c(C)cc(C)nc23)CCNC(=O)COc2ccc(cc2OC)C1. The molecule has 0 radical (unpaired) electrons. The van der Waals surface area contributed by atoms with Crippen LogP contribution in [0.5, 0.6) is 11.5 Å². The lowest BCUT2D eigenvalue weighted by Crippen LogP contribution is -2.46. The molecule has 3 aromatic rings. The molecule has 49 heavy (non-hydrogen) atoms. The maximum absolute atomic E-state index is 14.1. The second kappa shape index (κ2) is 16.6. The Hall–Kier alpha value is -4.68. The minimum Gasteiger partial charge on any atom is -0.493 e. The van der Waals surface area contributed by atoms with Crippen LogP contribution in [-0.2, 0) is 25.5 Å². The van der Waals surface area contributed by atoms with E-state index in [0.29, 0.717) is 53.6 Å². The quantitative estimate of drug-likeness (QED) is 0.281. The first-order chi connectivity index (χ1) is 23.4. The number of aromatic nitrogens is 3. The number of carbonyl (C=O) groups excluding carboxylic acids is 4. The summed E-state index contributed by atoms with van der Waals surface area (Å²) in [4.78, 5) is 60.1. The van der Waals surface area contributed by atoms with E-state index in [1.807, 2.05) is 26.0 Å². The molecule has 2 N–H and O–H groups in total. The molecule has 1 aromatic carbocycles. The number of rotatable bonds is 7. The van der Waals surface area contributed by atoms with Gasteiger partial charge in [0.2, 0.25) is 5.91 Å². The van der Waals surface area contributed by atoms with E-state index in [1.54, 1.807) is 35.4 Å². The molecule has 13 heteroatoms. The van der Waals surface area contributed by atoms with Crippen molar-refractivity contribution in [2.24, 2.45) is 11.3 Å². The molecule has 0 aliphatic carbocycles. The number of aryl methyl sites for hydroxylation is 3. The normalized spacial score (nSPS) is 18.2. The van der Waals surface area contributed by atoms with Crippen molar-refractivity contribution < 1.29 is 33.4 Å². The molecular weight excluding hydrogens is 628 g/mol. The van der Waals surface area contributed by atoms with Crippen LogP contribution in [0.3, 0.4) is 0 Å². The van der Waals surface area contributed by atoms with E-state index < -0.39 is 5.41 Å². The van der Waals surface area contributed by atoms with Gasteiger partial charge in [-0.1, -0.05) is 19.9 Å². The largest absolute Gasteiger partial charge is 0.493 e. The summed E-state index contributed by atoms with van der Waals surface area (Å²) in [6.07, 6.45) is 2.02. The summed E-state index contributed by atoms with van der Waals surface area (Å²) >= 11 is 0. The highest BCUT2D eigenvalue weighted by Gasteiger charge is 2.40. The van der Waals surface area contributed by atoms with Crippen LogP contribution in [0.15, 0.2) is 24.3 Å². The minimum absolute atomic E-state index is 0.0883. The van der Waals surface area contributed by atoms with E-state index in [9.17, 15) is 19.2 Å². The fourth-order valence-corrected chi connectivity index (χ4v) is 6.13. The molecule has 0 saturated heterocycles. The Bertz CT molecular complexity index is 1670. The van der Waals surface area contributed by atoms with Gasteiger partial charge in [0.15, 0.2) is 23.8 Å². The van der Waals surface area contributed by atoms with E-state index in [2.05, 4.69) is 34.6 Å². The highest BCUT2D eigenvalue weighted by atomic mass is 16.5. The third-order valence-electron chi connectivity index (χ3n) is 8.77. The summed E-state index contributed by atoms with van der Waals surface area (Å²) in [5, 5.41) is 10.4. The number of ether oxygens (including phenoxy) is 3. The van der Waals surface area contributed by atoms with E-state index in [4.69, 9.17) is 14.2 Å². The summed E-state index contributed by atoms with van der Waals surface area (Å²) in [7, 11) is 1.51. The lowest BCUT2D eigenvalue weighted by atomic mass is 9.76. The second-order valence-electron chi connectivity index (χ2n) is 13.1. The van der Waals surface area contributed by atoms with Crippen LogP contribution in [0, 0.1) is 32.1 Å². The van der Waals surface area contributed by atoms with Crippen LogP contribution in [0.1, 0.15) is 79.5 Å². The number of amides is 3. The number of benzene rings is 1. The molecular formula is C36H50N6O7. The van der Waals surface area contributed by atoms with Gasteiger partial charge in [-0.25, -0.2) is 9.50 Å². The van der Waals surface area contributed by atoms with Crippen molar-refractivity contribution in [3.05, 3.63) is 52.5 Å². The second-order valence-corrected chi connectivity index (χ2v) is 13.1. The van der Waals surface area contributed by atoms with Gasteiger partial charge in [-0.05, 0) is 83.1 Å². The average molecular weight is 679 g/mol. The standard InChI is InChI=1S/C36H50N6O7/c1-8-48-35(46)36(14-13-23(2)3)20-27-11-12-28(29(19-27)47-7)49-21-31(44)37-15-17-41(16-9-10-30(43)38-22-36)34(45)32-26(6)40-42-25(5)18-24(4)39-33(32)42/h11-12,18-19,23H,8-10,13-17,20-22H2,1-7H3,(H,37,44)(H,38,43). The van der Waals surface area contributed by atoms with Gasteiger partial charge in [0.25, 0.3) is 11.8 Å². The Labute approximate surface area is 288 Å². The number of esters is 1. The molecule has 2 aromatic heterocycles. The maximum Gasteiger partial charge on any atom is 0.314 e. The van der Waals surface area contributed by atoms with E-state index in [-0.39, 0.29) is 69.5 Å². The van der Waals surface area contributed by atoms with Gasteiger partial charge in [0.1, 0.15) is 5.56 Å². The Morgan fingerprint density at radius 3 is 2.57 bits per heavy atom. The molecule has 1 unspecified atom stereocenters. The van der Waals surface area contributed by atoms with Crippen molar-refractivity contribution in [2.45, 2.75) is 73.6 Å². The number of hydrogen-bond donors (Lipinski definition) is 2. The van der Waals surface area contributed by atoms with Crippen molar-refractivity contribution in [1.29, 1.82) is 0 Å². The molecule has 2 bridgehead atoms. The van der Waals surface area contributed by atoms with Gasteiger partial charge in [-0.3, -0.25) is 19.2 Å². The third-order valence-corrected chi connectivity index (χ3v) is 8.77. The predicted octanol–water partition coefficient (Wildman–Crippen LogP) is 3.74. The first kappa shape index (κ1) is 37.1. The Morgan fingerprint density at radius 2 is 1.86 bits per heavy atom. The molecule has 2 aliphatic rings. The smallest absolute Gasteiger partial charge is 0.314 e. The van der Waals surface area contributed by atoms with Gasteiger partial charge >= 0.3 is 5.97 Å². The van der Waals surface area contributed by atoms with Crippen molar-refractivity contribution in [3.63, 3.8) is 0 Å². The number of nitrogens with one attached hydrogen (secondary N) is 2. The Morgan fingerprint density at radius 1 is 1.08 bits per heavy atom. The monoisotopic (exact) mass is 678 g/mol. The van der Waals surface area contributed by atoms with Gasteiger partial charge in [-0.2, -0.15) is 5.10 Å². The summed E-state index contributed by atoms with van der Waals surface area (Å²) in [5.74, 6) is -0.176. The molecule has 3 amide bonds. The minimum atomic E-state index is -1.03. The zero-order valence-corrected chi connectivity index (χ0v) is 29.8. The molecule has 5 rings (SSSR count). The third kappa shape index (κ3) is 9.27. The number of fused-ring (bicyclic) bond motifs is 17. The average Bonchev–Trinajstić information content (AvgIpc) is 3.39. The van der Waals surface area contributed by atoms with Crippen LogP contribution in [-0.4, -0.2) is 89.7 Å². The fraction of sp³-hybridized carbons (Fsp3) is 0.556. The predicted molar refractivity (Wildman–Crippen MR) is 184 cm³/mol. The molecule has 2 aliphatic heterocycles. The van der Waals surface area contributed by atoms with Crippen LogP contribution in [0.2, 0.25) is 0 Å². The molecule has 0 spiro atoms. The van der Waals surface area contributed by atoms with Crippen molar-refractivity contribution in [1.82, 2.24) is 30.1 Å². The highest BCUT2D eigenvalue weighted by molar-refractivity contribution is 6.01. The first-order valence-corrected chi connectivity index (χ1v) is 17.0. The van der Waals surface area contributed by atoms with Crippen molar-refractivity contribution in [3.8, 4) is 11.5 Å². The number of hydrogen-bond acceptors (Lipinski definition) is 9. The molecule has 0 fully saturated rings. The maximum atomic E-state index is 14.1. The van der Waals surface area contributed by atoms with E-state index >= 15 is 0 Å². The first-order valence-electron chi connectivity index (χ1n) is 17.0. The molecule has 0 saturated carbocycles. The van der Waals surface area contributed by atoms with Crippen LogP contribution in [0.25, 0.3) is 5.65 Å². The fourth-order valence-electron chi connectivity index (χ4n) is 6.13. The summed E-state index contributed by atoms with van der Waals surface area (Å²) in [6, 6.07) is 7.23. The van der Waals surface area contributed by atoms with Crippen molar-refractivity contribution in [2.75, 3.05) is 46.5 Å². The molecule has 4 heterocycles. The van der Waals surface area contributed by atoms with Crippen LogP contribution >= 0.6 is 0 Å². The molecule has 13 nitrogen and oxygen atoms in total. The highest BCUT2D eigenvalue weighted by Crippen LogP contribution is 2.35. The summed E-state index contributed by atoms with van der Waals surface area (Å²) in [5.41, 5.74) is 2.76. The number of carbonyl (C=O) groups is 4. The number of methoxy groups -OCH3 is 1. The summed E-state index contributed by atoms with van der Waals surface area (Å²) < 4.78 is 18.7. The van der Waals surface area contributed by atoms with Gasteiger partial charge in [-0.15, -0.1) is 0 Å². The van der Waals surface area contributed by atoms with Gasteiger partial charge in [0.05, 0.1) is 24.8 Å². The van der Waals surface area contributed by atoms with Crippen molar-refractivity contribution >= 4 is 29.3 Å².